The molecule has 2 aromatic rings. The van der Waals surface area contributed by atoms with Crippen LogP contribution in [0.15, 0.2) is 48.5 Å². The van der Waals surface area contributed by atoms with Gasteiger partial charge in [-0.05, 0) is 37.3 Å². The molecule has 5 heteroatoms. The molecular weight excluding hydrogens is 290 g/mol. The summed E-state index contributed by atoms with van der Waals surface area (Å²) in [4.78, 5) is 11.8. The van der Waals surface area contributed by atoms with Gasteiger partial charge in [0.2, 0.25) is 0 Å². The normalized spacial score (nSPS) is 11.8. The molecule has 0 saturated carbocycles. The Morgan fingerprint density at radius 2 is 1.90 bits per heavy atom. The summed E-state index contributed by atoms with van der Waals surface area (Å²) >= 11 is 5.78. The number of para-hydroxylation sites is 1. The Hall–Kier alpha value is -2.04. The second-order valence-corrected chi connectivity index (χ2v) is 4.99. The van der Waals surface area contributed by atoms with Crippen LogP contribution in [0, 0.1) is 0 Å². The van der Waals surface area contributed by atoms with E-state index in [2.05, 4.69) is 5.32 Å². The van der Waals surface area contributed by atoms with Crippen LogP contribution in [0.25, 0.3) is 0 Å². The van der Waals surface area contributed by atoms with Gasteiger partial charge in [-0.25, -0.2) is 0 Å². The predicted molar refractivity (Wildman–Crippen MR) is 82.7 cm³/mol. The number of nitrogens with one attached hydrogen (secondary N) is 1. The van der Waals surface area contributed by atoms with Gasteiger partial charge in [-0.1, -0.05) is 29.8 Å². The van der Waals surface area contributed by atoms with Gasteiger partial charge in [0.1, 0.15) is 5.75 Å². The van der Waals surface area contributed by atoms with Gasteiger partial charge in [0, 0.05) is 16.3 Å². The van der Waals surface area contributed by atoms with Crippen LogP contribution in [0.4, 0.5) is 5.69 Å². The Bertz CT molecular complexity index is 611. The summed E-state index contributed by atoms with van der Waals surface area (Å²) in [6.07, 6.45) is -0.652. The van der Waals surface area contributed by atoms with E-state index in [1.165, 1.54) is 0 Å². The number of anilines is 1. The summed E-state index contributed by atoms with van der Waals surface area (Å²) in [5.41, 5.74) is 1.30. The molecule has 2 N–H and O–H groups in total. The van der Waals surface area contributed by atoms with Gasteiger partial charge in [0.05, 0.1) is 6.10 Å². The highest BCUT2D eigenvalue weighted by molar-refractivity contribution is 6.30. The van der Waals surface area contributed by atoms with Gasteiger partial charge in [-0.3, -0.25) is 4.79 Å². The monoisotopic (exact) mass is 305 g/mol. The molecule has 0 aliphatic rings. The van der Waals surface area contributed by atoms with Gasteiger partial charge in [0.15, 0.2) is 6.61 Å². The van der Waals surface area contributed by atoms with Crippen LogP contribution in [0.1, 0.15) is 18.6 Å². The number of hydrogen-bond donors (Lipinski definition) is 2. The summed E-state index contributed by atoms with van der Waals surface area (Å²) in [5.74, 6) is 0.219. The van der Waals surface area contributed by atoms with Gasteiger partial charge in [0.25, 0.3) is 5.91 Å². The van der Waals surface area contributed by atoms with E-state index < -0.39 is 6.10 Å². The fourth-order valence-electron chi connectivity index (χ4n) is 1.83. The van der Waals surface area contributed by atoms with E-state index >= 15 is 0 Å². The summed E-state index contributed by atoms with van der Waals surface area (Å²) < 4.78 is 5.46. The fraction of sp³-hybridized carbons (Fsp3) is 0.188. The standard InChI is InChI=1S/C16H16ClNO3/c1-11(19)14-4-2-3-5-15(14)21-10-16(20)18-13-8-6-12(17)7-9-13/h2-9,11,19H,10H2,1H3,(H,18,20)/t11-/m0/s1. The lowest BCUT2D eigenvalue weighted by atomic mass is 10.1. The van der Waals surface area contributed by atoms with E-state index in [9.17, 15) is 9.90 Å². The number of halogens is 1. The molecule has 4 nitrogen and oxygen atoms in total. The Labute approximate surface area is 128 Å². The van der Waals surface area contributed by atoms with E-state index in [0.29, 0.717) is 22.0 Å². The highest BCUT2D eigenvalue weighted by Crippen LogP contribution is 2.24. The number of carbonyl (C=O) groups is 1. The number of hydrogen-bond acceptors (Lipinski definition) is 3. The van der Waals surface area contributed by atoms with Gasteiger partial charge < -0.3 is 15.2 Å². The van der Waals surface area contributed by atoms with E-state index in [1.54, 1.807) is 49.4 Å². The van der Waals surface area contributed by atoms with Crippen molar-refractivity contribution in [3.63, 3.8) is 0 Å². The highest BCUT2D eigenvalue weighted by atomic mass is 35.5. The van der Waals surface area contributed by atoms with Crippen molar-refractivity contribution in [3.8, 4) is 5.75 Å². The first-order valence-electron chi connectivity index (χ1n) is 6.51. The Kier molecular flexibility index (Phi) is 5.20. The highest BCUT2D eigenvalue weighted by Gasteiger charge is 2.10. The number of ether oxygens (including phenoxy) is 1. The van der Waals surface area contributed by atoms with E-state index in [-0.39, 0.29) is 12.5 Å². The zero-order valence-electron chi connectivity index (χ0n) is 11.5. The smallest absolute Gasteiger partial charge is 0.262 e. The summed E-state index contributed by atoms with van der Waals surface area (Å²) in [6, 6.07) is 13.9. The van der Waals surface area contributed by atoms with Gasteiger partial charge >= 0.3 is 0 Å². The van der Waals surface area contributed by atoms with Gasteiger partial charge in [-0.2, -0.15) is 0 Å². The molecule has 0 spiro atoms. The van der Waals surface area contributed by atoms with Crippen molar-refractivity contribution in [3.05, 3.63) is 59.1 Å². The molecule has 0 saturated heterocycles. The zero-order valence-corrected chi connectivity index (χ0v) is 12.3. The molecular formula is C16H16ClNO3. The Morgan fingerprint density at radius 1 is 1.24 bits per heavy atom. The fourth-order valence-corrected chi connectivity index (χ4v) is 1.96. The number of benzene rings is 2. The lowest BCUT2D eigenvalue weighted by Gasteiger charge is -2.13. The van der Waals surface area contributed by atoms with Crippen LogP contribution in [0.3, 0.4) is 0 Å². The summed E-state index contributed by atoms with van der Waals surface area (Å²) in [5, 5.41) is 12.9. The Balaban J connectivity index is 1.94. The quantitative estimate of drug-likeness (QED) is 0.890. The molecule has 21 heavy (non-hydrogen) atoms. The number of amides is 1. The van der Waals surface area contributed by atoms with Gasteiger partial charge in [-0.15, -0.1) is 0 Å². The molecule has 0 aliphatic carbocycles. The van der Waals surface area contributed by atoms with Crippen LogP contribution in [0.5, 0.6) is 5.75 Å². The number of aliphatic hydroxyl groups is 1. The van der Waals surface area contributed by atoms with E-state index in [1.807, 2.05) is 6.07 Å². The third-order valence-electron chi connectivity index (χ3n) is 2.86. The lowest BCUT2D eigenvalue weighted by molar-refractivity contribution is -0.118. The molecule has 1 atom stereocenters. The van der Waals surface area contributed by atoms with Crippen LogP contribution in [0.2, 0.25) is 5.02 Å². The molecule has 0 heterocycles. The van der Waals surface area contributed by atoms with Crippen LogP contribution < -0.4 is 10.1 Å². The number of carbonyl (C=O) groups excluding carboxylic acids is 1. The molecule has 110 valence electrons. The van der Waals surface area contributed by atoms with Crippen LogP contribution >= 0.6 is 11.6 Å². The molecule has 0 aliphatic heterocycles. The van der Waals surface area contributed by atoms with Crippen molar-refractivity contribution in [2.75, 3.05) is 11.9 Å². The second-order valence-electron chi connectivity index (χ2n) is 4.56. The molecule has 0 aromatic heterocycles. The first-order valence-corrected chi connectivity index (χ1v) is 6.89. The van der Waals surface area contributed by atoms with E-state index in [0.717, 1.165) is 0 Å². The minimum Gasteiger partial charge on any atom is -0.483 e. The van der Waals surface area contributed by atoms with Crippen molar-refractivity contribution >= 4 is 23.2 Å². The Morgan fingerprint density at radius 3 is 2.57 bits per heavy atom. The third kappa shape index (κ3) is 4.48. The average molecular weight is 306 g/mol. The topological polar surface area (TPSA) is 58.6 Å². The molecule has 0 bridgehead atoms. The molecule has 2 rings (SSSR count). The van der Waals surface area contributed by atoms with Crippen molar-refractivity contribution in [2.24, 2.45) is 0 Å². The zero-order chi connectivity index (χ0) is 15.2. The lowest BCUT2D eigenvalue weighted by Crippen LogP contribution is -2.20. The maximum Gasteiger partial charge on any atom is 0.262 e. The van der Waals surface area contributed by atoms with Crippen LogP contribution in [-0.4, -0.2) is 17.6 Å². The van der Waals surface area contributed by atoms with Crippen molar-refractivity contribution in [2.45, 2.75) is 13.0 Å². The number of rotatable bonds is 5. The molecule has 0 unspecified atom stereocenters. The van der Waals surface area contributed by atoms with Crippen molar-refractivity contribution < 1.29 is 14.6 Å². The third-order valence-corrected chi connectivity index (χ3v) is 3.11. The van der Waals surface area contributed by atoms with Crippen molar-refractivity contribution in [1.29, 1.82) is 0 Å². The molecule has 0 radical (unpaired) electrons. The molecule has 2 aromatic carbocycles. The second kappa shape index (κ2) is 7.11. The average Bonchev–Trinajstić information content (AvgIpc) is 2.48. The minimum absolute atomic E-state index is 0.133. The molecule has 0 fully saturated rings. The number of aliphatic hydroxyl groups excluding tert-OH is 1. The maximum absolute atomic E-state index is 11.8. The maximum atomic E-state index is 11.8. The SMILES string of the molecule is C[C@H](O)c1ccccc1OCC(=O)Nc1ccc(Cl)cc1. The molecule has 1 amide bonds. The minimum atomic E-state index is -0.652. The largest absolute Gasteiger partial charge is 0.483 e. The van der Waals surface area contributed by atoms with Crippen LogP contribution in [-0.2, 0) is 4.79 Å². The summed E-state index contributed by atoms with van der Waals surface area (Å²) in [6.45, 7) is 1.52. The predicted octanol–water partition coefficient (Wildman–Crippen LogP) is 3.41. The van der Waals surface area contributed by atoms with E-state index in [4.69, 9.17) is 16.3 Å². The summed E-state index contributed by atoms with van der Waals surface area (Å²) in [7, 11) is 0. The first kappa shape index (κ1) is 15.4. The van der Waals surface area contributed by atoms with Crippen molar-refractivity contribution in [1.82, 2.24) is 0 Å². The first-order chi connectivity index (χ1) is 10.1.